The molecule has 1 rings (SSSR count). The van der Waals surface area contributed by atoms with E-state index in [-0.39, 0.29) is 36.1 Å². The molecule has 0 saturated carbocycles. The Morgan fingerprint density at radius 2 is 2.00 bits per heavy atom. The molecule has 0 saturated heterocycles. The van der Waals surface area contributed by atoms with Crippen molar-refractivity contribution in [2.24, 2.45) is 0 Å². The Kier molecular flexibility index (Phi) is 7.21. The first-order valence-corrected chi connectivity index (χ1v) is 4.39. The summed E-state index contributed by atoms with van der Waals surface area (Å²) in [6.07, 6.45) is 0. The summed E-state index contributed by atoms with van der Waals surface area (Å²) in [6, 6.07) is 7.07. The van der Waals surface area contributed by atoms with Crippen LogP contribution in [0.15, 0.2) is 24.3 Å². The normalized spacial score (nSPS) is 8.87. The molecular weight excluding hydrogens is 205 g/mol. The Morgan fingerprint density at radius 3 is 2.47 bits per heavy atom. The number of carbonyl (C=O) groups is 1. The zero-order valence-electron chi connectivity index (χ0n) is 8.95. The molecule has 0 fully saturated rings. The van der Waals surface area contributed by atoms with Crippen molar-refractivity contribution in [1.82, 2.24) is 0 Å². The maximum Gasteiger partial charge on any atom is 1.00 e. The molecule has 0 aromatic heterocycles. The van der Waals surface area contributed by atoms with E-state index in [1.54, 1.807) is 24.3 Å². The van der Waals surface area contributed by atoms with Crippen LogP contribution in [0.5, 0.6) is 5.75 Å². The van der Waals surface area contributed by atoms with Gasteiger partial charge in [0.25, 0.3) is 0 Å². The first-order chi connectivity index (χ1) is 6.72. The molecule has 1 aromatic rings. The molecule has 0 radical (unpaired) electrons. The first-order valence-electron chi connectivity index (χ1n) is 4.39. The van der Waals surface area contributed by atoms with Crippen molar-refractivity contribution in [2.45, 2.75) is 6.92 Å². The fourth-order valence-corrected chi connectivity index (χ4v) is 1.01. The van der Waals surface area contributed by atoms with Crippen molar-refractivity contribution in [3.8, 4) is 5.75 Å². The fraction of sp³-hybridized carbons (Fsp3) is 0.300. The van der Waals surface area contributed by atoms with Crippen LogP contribution in [0.2, 0.25) is 0 Å². The van der Waals surface area contributed by atoms with E-state index in [0.29, 0.717) is 6.61 Å². The van der Waals surface area contributed by atoms with Gasteiger partial charge < -0.3 is 20.0 Å². The fourth-order valence-electron chi connectivity index (χ4n) is 1.01. The summed E-state index contributed by atoms with van der Waals surface area (Å²) < 4.78 is 5.23. The molecule has 5 heteroatoms. The number of carboxylic acid groups (broad SMARTS) is 1. The van der Waals surface area contributed by atoms with E-state index in [4.69, 9.17) is 4.74 Å². The monoisotopic (exact) mass is 217 g/mol. The van der Waals surface area contributed by atoms with E-state index in [9.17, 15) is 9.90 Å². The van der Waals surface area contributed by atoms with Gasteiger partial charge in [0.2, 0.25) is 0 Å². The van der Waals surface area contributed by atoms with Gasteiger partial charge in [-0.2, -0.15) is 0 Å². The van der Waals surface area contributed by atoms with Crippen LogP contribution < -0.4 is 44.7 Å². The van der Waals surface area contributed by atoms with Gasteiger partial charge in [-0.25, -0.2) is 0 Å². The number of rotatable bonds is 5. The van der Waals surface area contributed by atoms with Gasteiger partial charge in [0.05, 0.1) is 19.1 Å². The standard InChI is InChI=1S/C10H13NO3.Na/c1-2-14-9-5-3-8(4-6-9)11-7-10(12)13;/h3-6,11H,2,7H2,1H3,(H,12,13);/q;+1/p-1. The largest absolute Gasteiger partial charge is 1.00 e. The second kappa shape index (κ2) is 7.56. The number of ether oxygens (including phenoxy) is 1. The number of hydrogen-bond donors (Lipinski definition) is 1. The maximum atomic E-state index is 10.1. The average molecular weight is 217 g/mol. The third-order valence-corrected chi connectivity index (χ3v) is 1.60. The van der Waals surface area contributed by atoms with Gasteiger partial charge in [-0.15, -0.1) is 0 Å². The zero-order chi connectivity index (χ0) is 10.4. The van der Waals surface area contributed by atoms with Crippen LogP contribution >= 0.6 is 0 Å². The van der Waals surface area contributed by atoms with E-state index in [1.807, 2.05) is 6.92 Å². The van der Waals surface area contributed by atoms with Crippen molar-refractivity contribution >= 4 is 11.7 Å². The predicted molar refractivity (Wildman–Crippen MR) is 51.1 cm³/mol. The number of nitrogens with one attached hydrogen (secondary N) is 1. The van der Waals surface area contributed by atoms with Crippen LogP contribution in [-0.4, -0.2) is 19.1 Å². The van der Waals surface area contributed by atoms with E-state index < -0.39 is 5.97 Å². The third kappa shape index (κ3) is 5.67. The van der Waals surface area contributed by atoms with Crippen LogP contribution in [0.1, 0.15) is 6.92 Å². The molecule has 0 bridgehead atoms. The summed E-state index contributed by atoms with van der Waals surface area (Å²) in [4.78, 5) is 10.1. The van der Waals surface area contributed by atoms with Gasteiger partial charge in [0.15, 0.2) is 0 Å². The molecule has 0 atom stereocenters. The maximum absolute atomic E-state index is 10.1. The molecule has 0 aliphatic rings. The van der Waals surface area contributed by atoms with Gasteiger partial charge >= 0.3 is 29.6 Å². The molecule has 0 spiro atoms. The van der Waals surface area contributed by atoms with Crippen molar-refractivity contribution in [3.63, 3.8) is 0 Å². The molecular formula is C10H12NNaO3. The Balaban J connectivity index is 0.00000196. The summed E-state index contributed by atoms with van der Waals surface area (Å²) in [7, 11) is 0. The van der Waals surface area contributed by atoms with Gasteiger partial charge in [-0.3, -0.25) is 0 Å². The van der Waals surface area contributed by atoms with Gasteiger partial charge in [0.1, 0.15) is 5.75 Å². The van der Waals surface area contributed by atoms with Crippen LogP contribution in [0.4, 0.5) is 5.69 Å². The zero-order valence-corrected chi connectivity index (χ0v) is 10.9. The minimum absolute atomic E-state index is 0. The van der Waals surface area contributed by atoms with E-state index >= 15 is 0 Å². The molecule has 76 valence electrons. The SMILES string of the molecule is CCOc1ccc(NCC(=O)[O-])cc1.[Na+]. The Bertz CT molecular complexity index is 300. The first kappa shape index (κ1) is 14.3. The van der Waals surface area contributed by atoms with Crippen molar-refractivity contribution in [2.75, 3.05) is 18.5 Å². The van der Waals surface area contributed by atoms with Crippen LogP contribution in [0.25, 0.3) is 0 Å². The van der Waals surface area contributed by atoms with Crippen LogP contribution in [0.3, 0.4) is 0 Å². The van der Waals surface area contributed by atoms with Crippen molar-refractivity contribution in [1.29, 1.82) is 0 Å². The molecule has 0 amide bonds. The Morgan fingerprint density at radius 1 is 1.40 bits per heavy atom. The summed E-state index contributed by atoms with van der Waals surface area (Å²) in [5.74, 6) is -0.356. The van der Waals surface area contributed by atoms with E-state index in [0.717, 1.165) is 11.4 Å². The molecule has 1 N–H and O–H groups in total. The number of aliphatic carboxylic acids is 1. The number of hydrogen-bond acceptors (Lipinski definition) is 4. The Hall–Kier alpha value is -0.710. The topological polar surface area (TPSA) is 61.4 Å². The molecule has 4 nitrogen and oxygen atoms in total. The van der Waals surface area contributed by atoms with Crippen molar-refractivity contribution in [3.05, 3.63) is 24.3 Å². The number of anilines is 1. The summed E-state index contributed by atoms with van der Waals surface area (Å²) >= 11 is 0. The molecule has 0 aliphatic carbocycles. The number of carbonyl (C=O) groups excluding carboxylic acids is 1. The van der Waals surface area contributed by atoms with Gasteiger partial charge in [-0.05, 0) is 31.2 Å². The molecule has 0 unspecified atom stereocenters. The van der Waals surface area contributed by atoms with Crippen LogP contribution in [-0.2, 0) is 4.79 Å². The second-order valence-electron chi connectivity index (χ2n) is 2.68. The van der Waals surface area contributed by atoms with Crippen molar-refractivity contribution < 1.29 is 44.2 Å². The predicted octanol–water partition coefficient (Wildman–Crippen LogP) is -2.75. The van der Waals surface area contributed by atoms with E-state index in [2.05, 4.69) is 5.32 Å². The molecule has 0 aliphatic heterocycles. The smallest absolute Gasteiger partial charge is 0.548 e. The number of carboxylic acids is 1. The second-order valence-corrected chi connectivity index (χ2v) is 2.68. The summed E-state index contributed by atoms with van der Waals surface area (Å²) in [5, 5.41) is 12.8. The summed E-state index contributed by atoms with van der Waals surface area (Å²) in [6.45, 7) is 2.34. The minimum atomic E-state index is -1.13. The number of benzene rings is 1. The average Bonchev–Trinajstić information content (AvgIpc) is 2.17. The molecule has 0 heterocycles. The van der Waals surface area contributed by atoms with Crippen LogP contribution in [0, 0.1) is 0 Å². The minimum Gasteiger partial charge on any atom is -0.548 e. The van der Waals surface area contributed by atoms with E-state index in [1.165, 1.54) is 0 Å². The molecule has 1 aromatic carbocycles. The third-order valence-electron chi connectivity index (χ3n) is 1.60. The van der Waals surface area contributed by atoms with Gasteiger partial charge in [0, 0.05) is 5.69 Å². The molecule has 15 heavy (non-hydrogen) atoms. The Labute approximate surface area is 111 Å². The van der Waals surface area contributed by atoms with Gasteiger partial charge in [-0.1, -0.05) is 0 Å². The summed E-state index contributed by atoms with van der Waals surface area (Å²) in [5.41, 5.74) is 0.734. The quantitative estimate of drug-likeness (QED) is 0.543.